The van der Waals surface area contributed by atoms with Crippen molar-refractivity contribution >= 4 is 12.4 Å². The summed E-state index contributed by atoms with van der Waals surface area (Å²) in [6.45, 7) is 2.02. The van der Waals surface area contributed by atoms with E-state index in [1.165, 1.54) is 19.3 Å². The Morgan fingerprint density at radius 1 is 1.06 bits per heavy atom. The second-order valence-electron chi connectivity index (χ2n) is 4.15. The number of piperidine rings is 1. The van der Waals surface area contributed by atoms with E-state index in [2.05, 4.69) is 4.90 Å². The molecular weight excluding hydrogens is 198 g/mol. The Balaban J connectivity index is 2.15. The maximum atomic E-state index is 11.1. The number of aldehydes is 1. The van der Waals surface area contributed by atoms with Crippen molar-refractivity contribution in [1.29, 1.82) is 0 Å². The number of carbonyl (C=O) groups is 1. The lowest BCUT2D eigenvalue weighted by molar-refractivity contribution is -0.106. The predicted octanol–water partition coefficient (Wildman–Crippen LogP) is 2.71. The van der Waals surface area contributed by atoms with Gasteiger partial charge >= 0.3 is 0 Å². The first kappa shape index (κ1) is 10.9. The van der Waals surface area contributed by atoms with Gasteiger partial charge in [-0.15, -0.1) is 0 Å². The molecule has 1 aliphatic rings. The monoisotopic (exact) mass is 215 g/mol. The van der Waals surface area contributed by atoms with Gasteiger partial charge in [-0.25, -0.2) is 0 Å². The van der Waals surface area contributed by atoms with Crippen LogP contribution in [-0.2, 0) is 4.79 Å². The number of benzene rings is 1. The van der Waals surface area contributed by atoms with Gasteiger partial charge in [0, 0.05) is 13.1 Å². The first-order valence-corrected chi connectivity index (χ1v) is 5.87. The van der Waals surface area contributed by atoms with E-state index in [0.717, 1.165) is 30.6 Å². The van der Waals surface area contributed by atoms with Gasteiger partial charge in [0.2, 0.25) is 0 Å². The molecule has 0 atom stereocenters. The molecule has 2 rings (SSSR count). The van der Waals surface area contributed by atoms with Crippen molar-refractivity contribution in [1.82, 2.24) is 4.90 Å². The van der Waals surface area contributed by atoms with Crippen molar-refractivity contribution in [3.05, 3.63) is 41.6 Å². The molecule has 1 aliphatic heterocycles. The summed E-state index contributed by atoms with van der Waals surface area (Å²) in [5.41, 5.74) is 1.90. The lowest BCUT2D eigenvalue weighted by Crippen LogP contribution is -2.29. The molecule has 0 bridgehead atoms. The number of hydrogen-bond donors (Lipinski definition) is 0. The number of hydrogen-bond acceptors (Lipinski definition) is 2. The van der Waals surface area contributed by atoms with E-state index in [0.29, 0.717) is 0 Å². The fraction of sp³-hybridized carbons (Fsp3) is 0.357. The molecule has 1 heterocycles. The van der Waals surface area contributed by atoms with Crippen LogP contribution in [0.1, 0.15) is 24.8 Å². The van der Waals surface area contributed by atoms with Crippen molar-refractivity contribution in [3.8, 4) is 0 Å². The summed E-state index contributed by atoms with van der Waals surface area (Å²) < 4.78 is 0. The van der Waals surface area contributed by atoms with Crippen LogP contribution in [0.5, 0.6) is 0 Å². The number of likely N-dealkylation sites (tertiary alicyclic amines) is 1. The minimum Gasteiger partial charge on any atom is -0.369 e. The first-order chi connectivity index (χ1) is 7.90. The highest BCUT2D eigenvalue weighted by atomic mass is 16.1. The molecule has 1 fully saturated rings. The molecule has 1 aromatic rings. The zero-order chi connectivity index (χ0) is 11.2. The van der Waals surface area contributed by atoms with Gasteiger partial charge in [-0.1, -0.05) is 30.3 Å². The van der Waals surface area contributed by atoms with Gasteiger partial charge in [0.05, 0.1) is 5.70 Å². The van der Waals surface area contributed by atoms with Gasteiger partial charge in [-0.3, -0.25) is 4.79 Å². The topological polar surface area (TPSA) is 20.3 Å². The Bertz CT molecular complexity index is 364. The largest absolute Gasteiger partial charge is 0.369 e. The van der Waals surface area contributed by atoms with E-state index in [-0.39, 0.29) is 0 Å². The summed E-state index contributed by atoms with van der Waals surface area (Å²) in [5.74, 6) is 0. The normalized spacial score (nSPS) is 17.2. The summed E-state index contributed by atoms with van der Waals surface area (Å²) in [5, 5.41) is 0. The molecule has 16 heavy (non-hydrogen) atoms. The molecule has 84 valence electrons. The second-order valence-corrected chi connectivity index (χ2v) is 4.15. The van der Waals surface area contributed by atoms with E-state index in [4.69, 9.17) is 0 Å². The summed E-state index contributed by atoms with van der Waals surface area (Å²) >= 11 is 0. The van der Waals surface area contributed by atoms with Gasteiger partial charge in [0.25, 0.3) is 0 Å². The zero-order valence-corrected chi connectivity index (χ0v) is 9.43. The molecule has 0 unspecified atom stereocenters. The van der Waals surface area contributed by atoms with Gasteiger partial charge in [0.1, 0.15) is 0 Å². The maximum Gasteiger partial charge on any atom is 0.166 e. The standard InChI is InChI=1S/C14H17NO/c16-12-14(15-9-5-2-6-10-15)11-13-7-3-1-4-8-13/h1,3-4,7-8,11-12H,2,5-6,9-10H2/b14-11+. The minimum atomic E-state index is 0.811. The Morgan fingerprint density at radius 3 is 2.38 bits per heavy atom. The second kappa shape index (κ2) is 5.50. The van der Waals surface area contributed by atoms with Crippen molar-refractivity contribution in [2.24, 2.45) is 0 Å². The Kier molecular flexibility index (Phi) is 3.76. The third kappa shape index (κ3) is 2.72. The fourth-order valence-corrected chi connectivity index (χ4v) is 2.07. The van der Waals surface area contributed by atoms with E-state index in [9.17, 15) is 4.79 Å². The summed E-state index contributed by atoms with van der Waals surface area (Å²) in [4.78, 5) is 13.3. The van der Waals surface area contributed by atoms with Gasteiger partial charge in [-0.05, 0) is 30.9 Å². The molecule has 0 aliphatic carbocycles. The summed E-state index contributed by atoms with van der Waals surface area (Å²) in [7, 11) is 0. The van der Waals surface area contributed by atoms with Crippen LogP contribution >= 0.6 is 0 Å². The SMILES string of the molecule is O=C/C(=C\c1ccccc1)N1CCCCC1. The van der Waals surface area contributed by atoms with Crippen LogP contribution in [0.25, 0.3) is 6.08 Å². The maximum absolute atomic E-state index is 11.1. The van der Waals surface area contributed by atoms with E-state index < -0.39 is 0 Å². The van der Waals surface area contributed by atoms with E-state index in [1.807, 2.05) is 36.4 Å². The van der Waals surface area contributed by atoms with E-state index >= 15 is 0 Å². The van der Waals surface area contributed by atoms with E-state index in [1.54, 1.807) is 0 Å². The fourth-order valence-electron chi connectivity index (χ4n) is 2.07. The average molecular weight is 215 g/mol. The lowest BCUT2D eigenvalue weighted by Gasteiger charge is -2.28. The van der Waals surface area contributed by atoms with Crippen LogP contribution < -0.4 is 0 Å². The third-order valence-corrected chi connectivity index (χ3v) is 2.96. The lowest BCUT2D eigenvalue weighted by atomic mass is 10.1. The van der Waals surface area contributed by atoms with Gasteiger partial charge < -0.3 is 4.90 Å². The Hall–Kier alpha value is -1.57. The molecule has 0 amide bonds. The van der Waals surface area contributed by atoms with Crippen molar-refractivity contribution in [2.75, 3.05) is 13.1 Å². The molecule has 0 saturated carbocycles. The van der Waals surface area contributed by atoms with Crippen LogP contribution in [0, 0.1) is 0 Å². The first-order valence-electron chi connectivity index (χ1n) is 5.87. The van der Waals surface area contributed by atoms with Gasteiger partial charge in [-0.2, -0.15) is 0 Å². The average Bonchev–Trinajstić information content (AvgIpc) is 2.38. The van der Waals surface area contributed by atoms with Crippen LogP contribution in [0.4, 0.5) is 0 Å². The van der Waals surface area contributed by atoms with Crippen LogP contribution in [0.3, 0.4) is 0 Å². The highest BCUT2D eigenvalue weighted by Crippen LogP contribution is 2.15. The molecule has 1 saturated heterocycles. The molecule has 0 aromatic heterocycles. The van der Waals surface area contributed by atoms with Crippen molar-refractivity contribution < 1.29 is 4.79 Å². The number of rotatable bonds is 3. The third-order valence-electron chi connectivity index (χ3n) is 2.96. The van der Waals surface area contributed by atoms with Crippen molar-refractivity contribution in [3.63, 3.8) is 0 Å². The van der Waals surface area contributed by atoms with Crippen molar-refractivity contribution in [2.45, 2.75) is 19.3 Å². The van der Waals surface area contributed by atoms with Gasteiger partial charge in [0.15, 0.2) is 6.29 Å². The highest BCUT2D eigenvalue weighted by Gasteiger charge is 2.12. The highest BCUT2D eigenvalue weighted by molar-refractivity contribution is 5.80. The molecule has 1 aromatic carbocycles. The quantitative estimate of drug-likeness (QED) is 0.570. The summed E-state index contributed by atoms with van der Waals surface area (Å²) in [6.07, 6.45) is 6.62. The molecular formula is C14H17NO. The Morgan fingerprint density at radius 2 is 1.75 bits per heavy atom. The minimum absolute atomic E-state index is 0.811. The van der Waals surface area contributed by atoms with Crippen LogP contribution in [0.15, 0.2) is 36.0 Å². The molecule has 0 radical (unpaired) electrons. The Labute approximate surface area is 96.6 Å². The number of nitrogens with zero attached hydrogens (tertiary/aromatic N) is 1. The molecule has 0 spiro atoms. The zero-order valence-electron chi connectivity index (χ0n) is 9.43. The van der Waals surface area contributed by atoms with Crippen LogP contribution in [0.2, 0.25) is 0 Å². The molecule has 0 N–H and O–H groups in total. The van der Waals surface area contributed by atoms with Crippen LogP contribution in [-0.4, -0.2) is 24.3 Å². The predicted molar refractivity (Wildman–Crippen MR) is 65.9 cm³/mol. The molecule has 2 heteroatoms. The summed E-state index contributed by atoms with van der Waals surface area (Å²) in [6, 6.07) is 10.0. The molecule has 2 nitrogen and oxygen atoms in total. The number of carbonyl (C=O) groups excluding carboxylic acids is 1. The smallest absolute Gasteiger partial charge is 0.166 e. The number of allylic oxidation sites excluding steroid dienone is 1.